The van der Waals surface area contributed by atoms with Crippen molar-refractivity contribution in [3.63, 3.8) is 0 Å². The summed E-state index contributed by atoms with van der Waals surface area (Å²) in [6.07, 6.45) is 5.41. The van der Waals surface area contributed by atoms with Crippen molar-refractivity contribution in [1.29, 1.82) is 0 Å². The molecule has 0 bridgehead atoms. The lowest BCUT2D eigenvalue weighted by molar-refractivity contribution is -0.123. The van der Waals surface area contributed by atoms with Gasteiger partial charge in [0.25, 0.3) is 5.91 Å². The molecule has 1 saturated carbocycles. The van der Waals surface area contributed by atoms with E-state index in [0.29, 0.717) is 11.5 Å². The van der Waals surface area contributed by atoms with Crippen molar-refractivity contribution in [2.75, 3.05) is 46.0 Å². The number of nitrogens with zero attached hydrogens (tertiary/aromatic N) is 2. The predicted octanol–water partition coefficient (Wildman–Crippen LogP) is 1.96. The van der Waals surface area contributed by atoms with Crippen molar-refractivity contribution in [1.82, 2.24) is 15.5 Å². The summed E-state index contributed by atoms with van der Waals surface area (Å²) in [5.74, 6) is 1.70. The molecule has 7 nitrogen and oxygen atoms in total. The second-order valence-electron chi connectivity index (χ2n) is 8.73. The van der Waals surface area contributed by atoms with Crippen LogP contribution in [-0.4, -0.2) is 68.8 Å². The summed E-state index contributed by atoms with van der Waals surface area (Å²) in [5.41, 5.74) is 1.55. The summed E-state index contributed by atoms with van der Waals surface area (Å²) in [6.45, 7) is 7.69. The molecule has 3 fully saturated rings. The molecule has 1 unspecified atom stereocenters. The first-order chi connectivity index (χ1) is 14.7. The average Bonchev–Trinajstić information content (AvgIpc) is 3.29. The van der Waals surface area contributed by atoms with E-state index in [4.69, 9.17) is 14.5 Å². The van der Waals surface area contributed by atoms with Crippen LogP contribution in [0.15, 0.2) is 29.3 Å². The highest BCUT2D eigenvalue weighted by Gasteiger charge is 2.42. The van der Waals surface area contributed by atoms with Gasteiger partial charge in [0.05, 0.1) is 6.61 Å². The smallest absolute Gasteiger partial charge is 0.258 e. The van der Waals surface area contributed by atoms with E-state index in [-0.39, 0.29) is 12.5 Å². The quantitative estimate of drug-likeness (QED) is 0.503. The number of hydrogen-bond donors (Lipinski definition) is 2. The minimum absolute atomic E-state index is 0.0419. The van der Waals surface area contributed by atoms with Crippen LogP contribution in [0.1, 0.15) is 38.2 Å². The Morgan fingerprint density at radius 2 is 2.13 bits per heavy atom. The number of guanidine groups is 1. The molecule has 2 aliphatic heterocycles. The van der Waals surface area contributed by atoms with E-state index < -0.39 is 0 Å². The third-order valence-electron chi connectivity index (χ3n) is 6.16. The van der Waals surface area contributed by atoms with Gasteiger partial charge in [-0.2, -0.15) is 0 Å². The summed E-state index contributed by atoms with van der Waals surface area (Å²) < 4.78 is 11.2. The molecule has 1 aromatic carbocycles. The number of amides is 1. The molecular formula is C23H34N4O3. The zero-order valence-electron chi connectivity index (χ0n) is 18.0. The van der Waals surface area contributed by atoms with Gasteiger partial charge in [-0.25, -0.2) is 0 Å². The third kappa shape index (κ3) is 5.65. The van der Waals surface area contributed by atoms with E-state index in [1.54, 1.807) is 0 Å². The van der Waals surface area contributed by atoms with Crippen LogP contribution in [-0.2, 0) is 16.0 Å². The summed E-state index contributed by atoms with van der Waals surface area (Å²) >= 11 is 0. The van der Waals surface area contributed by atoms with E-state index in [9.17, 15) is 4.79 Å². The van der Waals surface area contributed by atoms with Gasteiger partial charge in [0.2, 0.25) is 0 Å². The van der Waals surface area contributed by atoms with Gasteiger partial charge >= 0.3 is 0 Å². The van der Waals surface area contributed by atoms with Gasteiger partial charge in [-0.15, -0.1) is 0 Å². The average molecular weight is 415 g/mol. The molecule has 2 heterocycles. The maximum Gasteiger partial charge on any atom is 0.258 e. The normalized spacial score (nSPS) is 23.8. The molecule has 2 saturated heterocycles. The Balaban J connectivity index is 1.24. The van der Waals surface area contributed by atoms with Crippen LogP contribution in [0.3, 0.4) is 0 Å². The summed E-state index contributed by atoms with van der Waals surface area (Å²) in [6, 6.07) is 8.33. The summed E-state index contributed by atoms with van der Waals surface area (Å²) in [5, 5.41) is 6.38. The zero-order valence-corrected chi connectivity index (χ0v) is 18.0. The van der Waals surface area contributed by atoms with E-state index in [1.807, 2.05) is 12.1 Å². The van der Waals surface area contributed by atoms with Crippen molar-refractivity contribution in [3.8, 4) is 5.75 Å². The standard InChI is InChI=1S/C23H34N4O3/c1-2-24-22(27-13-10-23(16-27)11-14-29-17-23)25-12-9-18-3-7-20(8-4-18)30-15-21(28)26-19-5-6-19/h3-4,7-8,19H,2,5-6,9-17H2,1H3,(H,24,25)(H,26,28). The lowest BCUT2D eigenvalue weighted by Crippen LogP contribution is -2.41. The Morgan fingerprint density at radius 3 is 2.83 bits per heavy atom. The Kier molecular flexibility index (Phi) is 6.77. The topological polar surface area (TPSA) is 75.2 Å². The van der Waals surface area contributed by atoms with Crippen molar-refractivity contribution < 1.29 is 14.3 Å². The van der Waals surface area contributed by atoms with Gasteiger partial charge in [-0.1, -0.05) is 12.1 Å². The second-order valence-corrected chi connectivity index (χ2v) is 8.73. The molecule has 2 N–H and O–H groups in total. The van der Waals surface area contributed by atoms with Gasteiger partial charge in [-0.3, -0.25) is 9.79 Å². The molecule has 1 aliphatic carbocycles. The highest BCUT2D eigenvalue weighted by molar-refractivity contribution is 5.80. The fourth-order valence-electron chi connectivity index (χ4n) is 4.20. The Hall–Kier alpha value is -2.28. The van der Waals surface area contributed by atoms with Crippen LogP contribution in [0.4, 0.5) is 0 Å². The first kappa shape index (κ1) is 21.0. The SMILES string of the molecule is CCNC(=NCCc1ccc(OCC(=O)NC2CC2)cc1)N1CCC2(CCOC2)C1. The van der Waals surface area contributed by atoms with Crippen LogP contribution in [0, 0.1) is 5.41 Å². The fraction of sp³-hybridized carbons (Fsp3) is 0.652. The van der Waals surface area contributed by atoms with Crippen LogP contribution in [0.2, 0.25) is 0 Å². The fourth-order valence-corrected chi connectivity index (χ4v) is 4.20. The highest BCUT2D eigenvalue weighted by Crippen LogP contribution is 2.38. The lowest BCUT2D eigenvalue weighted by Gasteiger charge is -2.25. The highest BCUT2D eigenvalue weighted by atomic mass is 16.5. The molecule has 7 heteroatoms. The molecule has 1 amide bonds. The molecule has 164 valence electrons. The Labute approximate surface area is 179 Å². The Bertz CT molecular complexity index is 739. The molecule has 1 atom stereocenters. The monoisotopic (exact) mass is 414 g/mol. The number of carbonyl (C=O) groups is 1. The van der Waals surface area contributed by atoms with E-state index in [1.165, 1.54) is 18.4 Å². The predicted molar refractivity (Wildman–Crippen MR) is 117 cm³/mol. The minimum atomic E-state index is -0.0419. The largest absolute Gasteiger partial charge is 0.484 e. The third-order valence-corrected chi connectivity index (χ3v) is 6.16. The van der Waals surface area contributed by atoms with Gasteiger partial charge < -0.3 is 25.0 Å². The van der Waals surface area contributed by atoms with Gasteiger partial charge in [0, 0.05) is 44.2 Å². The van der Waals surface area contributed by atoms with Crippen LogP contribution >= 0.6 is 0 Å². The maximum absolute atomic E-state index is 11.7. The summed E-state index contributed by atoms with van der Waals surface area (Å²) in [7, 11) is 0. The number of likely N-dealkylation sites (tertiary alicyclic amines) is 1. The van der Waals surface area contributed by atoms with Gasteiger partial charge in [-0.05, 0) is 56.7 Å². The summed E-state index contributed by atoms with van der Waals surface area (Å²) in [4.78, 5) is 19.0. The number of carbonyl (C=O) groups excluding carboxylic acids is 1. The Morgan fingerprint density at radius 1 is 1.30 bits per heavy atom. The number of ether oxygens (including phenoxy) is 2. The molecule has 1 aromatic rings. The molecule has 3 aliphatic rings. The lowest BCUT2D eigenvalue weighted by atomic mass is 9.87. The van der Waals surface area contributed by atoms with Crippen molar-refractivity contribution in [2.24, 2.45) is 10.4 Å². The number of hydrogen-bond acceptors (Lipinski definition) is 4. The van der Waals surface area contributed by atoms with Gasteiger partial charge in [0.15, 0.2) is 12.6 Å². The first-order valence-corrected chi connectivity index (χ1v) is 11.3. The van der Waals surface area contributed by atoms with E-state index in [0.717, 1.165) is 70.4 Å². The minimum Gasteiger partial charge on any atom is -0.484 e. The van der Waals surface area contributed by atoms with Crippen LogP contribution < -0.4 is 15.4 Å². The number of rotatable bonds is 8. The first-order valence-electron chi connectivity index (χ1n) is 11.3. The number of nitrogens with one attached hydrogen (secondary N) is 2. The van der Waals surface area contributed by atoms with Crippen molar-refractivity contribution in [3.05, 3.63) is 29.8 Å². The van der Waals surface area contributed by atoms with Crippen molar-refractivity contribution in [2.45, 2.75) is 45.1 Å². The zero-order chi connectivity index (χ0) is 20.8. The molecule has 30 heavy (non-hydrogen) atoms. The number of aliphatic imine (C=N–C) groups is 1. The van der Waals surface area contributed by atoms with Crippen molar-refractivity contribution >= 4 is 11.9 Å². The molecule has 1 spiro atoms. The molecule has 4 rings (SSSR count). The van der Waals surface area contributed by atoms with E-state index >= 15 is 0 Å². The second kappa shape index (κ2) is 9.69. The number of benzene rings is 1. The molecular weight excluding hydrogens is 380 g/mol. The maximum atomic E-state index is 11.7. The van der Waals surface area contributed by atoms with Crippen LogP contribution in [0.25, 0.3) is 0 Å². The van der Waals surface area contributed by atoms with E-state index in [2.05, 4.69) is 34.6 Å². The molecule has 0 aromatic heterocycles. The van der Waals surface area contributed by atoms with Crippen LogP contribution in [0.5, 0.6) is 5.75 Å². The van der Waals surface area contributed by atoms with Gasteiger partial charge in [0.1, 0.15) is 5.75 Å². The molecule has 0 radical (unpaired) electrons.